The number of hydrogen-bond acceptors (Lipinski definition) is 0. The zero-order valence-corrected chi connectivity index (χ0v) is 16.7. The van der Waals surface area contributed by atoms with Gasteiger partial charge in [-0.05, 0) is 46.5 Å². The first-order valence-corrected chi connectivity index (χ1v) is 10.0. The molecule has 4 rings (SSSR count). The fourth-order valence-corrected chi connectivity index (χ4v) is 3.01. The van der Waals surface area contributed by atoms with Gasteiger partial charge in [0.25, 0.3) is 0 Å². The van der Waals surface area contributed by atoms with Crippen molar-refractivity contribution in [3.05, 3.63) is 143 Å². The SMILES string of the molecule is C(#Cc1ccc(/C=C\c2ccc(/C=C/c3ccccc3)cc2)cc1)c1ccccc1. The lowest BCUT2D eigenvalue weighted by atomic mass is 10.1. The van der Waals surface area contributed by atoms with E-state index in [1.807, 2.05) is 36.4 Å². The minimum absolute atomic E-state index is 1.02. The molecule has 0 N–H and O–H groups in total. The zero-order valence-electron chi connectivity index (χ0n) is 16.7. The fourth-order valence-electron chi connectivity index (χ4n) is 3.01. The summed E-state index contributed by atoms with van der Waals surface area (Å²) >= 11 is 0. The zero-order chi connectivity index (χ0) is 20.4. The predicted octanol–water partition coefficient (Wildman–Crippen LogP) is 7.43. The molecule has 0 aliphatic heterocycles. The Balaban J connectivity index is 1.38. The quantitative estimate of drug-likeness (QED) is 0.254. The van der Waals surface area contributed by atoms with E-state index in [4.69, 9.17) is 0 Å². The van der Waals surface area contributed by atoms with E-state index in [2.05, 4.69) is 109 Å². The molecule has 4 aromatic carbocycles. The van der Waals surface area contributed by atoms with Gasteiger partial charge in [-0.3, -0.25) is 0 Å². The van der Waals surface area contributed by atoms with Crippen molar-refractivity contribution in [3.8, 4) is 11.8 Å². The van der Waals surface area contributed by atoms with Crippen LogP contribution in [0.3, 0.4) is 0 Å². The summed E-state index contributed by atoms with van der Waals surface area (Å²) in [7, 11) is 0. The molecule has 0 amide bonds. The summed E-state index contributed by atoms with van der Waals surface area (Å²) in [6.45, 7) is 0. The first-order chi connectivity index (χ1) is 14.8. The van der Waals surface area contributed by atoms with Crippen molar-refractivity contribution in [1.29, 1.82) is 0 Å². The summed E-state index contributed by atoms with van der Waals surface area (Å²) in [4.78, 5) is 0. The molecular formula is C30H22. The molecule has 0 bridgehead atoms. The molecule has 0 aromatic heterocycles. The lowest BCUT2D eigenvalue weighted by Gasteiger charge is -1.98. The summed E-state index contributed by atoms with van der Waals surface area (Å²) in [6, 6.07) is 37.3. The van der Waals surface area contributed by atoms with E-state index in [1.54, 1.807) is 0 Å². The average molecular weight is 383 g/mol. The van der Waals surface area contributed by atoms with Crippen LogP contribution in [0, 0.1) is 11.8 Å². The van der Waals surface area contributed by atoms with Gasteiger partial charge in [-0.2, -0.15) is 0 Å². The summed E-state index contributed by atoms with van der Waals surface area (Å²) in [6.07, 6.45) is 8.53. The molecule has 0 nitrogen and oxygen atoms in total. The van der Waals surface area contributed by atoms with Crippen LogP contribution in [0.1, 0.15) is 33.4 Å². The summed E-state index contributed by atoms with van der Waals surface area (Å²) in [5, 5.41) is 0. The Morgan fingerprint density at radius 3 is 1.13 bits per heavy atom. The lowest BCUT2D eigenvalue weighted by Crippen LogP contribution is -1.78. The maximum absolute atomic E-state index is 3.21. The lowest BCUT2D eigenvalue weighted by molar-refractivity contribution is 1.60. The van der Waals surface area contributed by atoms with Gasteiger partial charge in [-0.15, -0.1) is 0 Å². The average Bonchev–Trinajstić information content (AvgIpc) is 2.83. The third-order valence-electron chi connectivity index (χ3n) is 4.71. The highest BCUT2D eigenvalue weighted by Crippen LogP contribution is 2.13. The first kappa shape index (κ1) is 19.2. The van der Waals surface area contributed by atoms with Crippen LogP contribution in [-0.2, 0) is 0 Å². The van der Waals surface area contributed by atoms with Gasteiger partial charge in [0.15, 0.2) is 0 Å². The van der Waals surface area contributed by atoms with E-state index in [0.29, 0.717) is 0 Å². The summed E-state index contributed by atoms with van der Waals surface area (Å²) in [5.41, 5.74) is 6.79. The number of benzene rings is 4. The van der Waals surface area contributed by atoms with Crippen LogP contribution in [0.4, 0.5) is 0 Å². The van der Waals surface area contributed by atoms with Gasteiger partial charge in [0, 0.05) is 11.1 Å². The molecule has 0 aliphatic carbocycles. The predicted molar refractivity (Wildman–Crippen MR) is 130 cm³/mol. The minimum Gasteiger partial charge on any atom is -0.0622 e. The minimum atomic E-state index is 1.02. The van der Waals surface area contributed by atoms with Crippen molar-refractivity contribution in [2.24, 2.45) is 0 Å². The molecule has 0 saturated carbocycles. The molecule has 0 radical (unpaired) electrons. The molecule has 0 heterocycles. The maximum Gasteiger partial charge on any atom is 0.0249 e. The first-order valence-electron chi connectivity index (χ1n) is 10.0. The van der Waals surface area contributed by atoms with E-state index in [0.717, 1.165) is 16.7 Å². The van der Waals surface area contributed by atoms with Crippen LogP contribution >= 0.6 is 0 Å². The third kappa shape index (κ3) is 5.71. The Morgan fingerprint density at radius 2 is 0.667 bits per heavy atom. The highest BCUT2D eigenvalue weighted by molar-refractivity contribution is 5.73. The van der Waals surface area contributed by atoms with E-state index < -0.39 is 0 Å². The van der Waals surface area contributed by atoms with Crippen molar-refractivity contribution in [3.63, 3.8) is 0 Å². The molecule has 142 valence electrons. The van der Waals surface area contributed by atoms with Crippen molar-refractivity contribution >= 4 is 24.3 Å². The molecule has 30 heavy (non-hydrogen) atoms. The Kier molecular flexibility index (Phi) is 6.36. The highest BCUT2D eigenvalue weighted by Gasteiger charge is 1.92. The molecule has 0 spiro atoms. The van der Waals surface area contributed by atoms with Crippen LogP contribution in [-0.4, -0.2) is 0 Å². The second-order valence-corrected chi connectivity index (χ2v) is 6.98. The molecule has 4 aromatic rings. The molecule has 0 heteroatoms. The number of hydrogen-bond donors (Lipinski definition) is 0. The van der Waals surface area contributed by atoms with Gasteiger partial charge in [0.1, 0.15) is 0 Å². The summed E-state index contributed by atoms with van der Waals surface area (Å²) in [5.74, 6) is 6.40. The molecule has 0 aliphatic rings. The van der Waals surface area contributed by atoms with Crippen molar-refractivity contribution in [1.82, 2.24) is 0 Å². The Morgan fingerprint density at radius 1 is 0.333 bits per heavy atom. The molecule has 0 atom stereocenters. The Labute approximate surface area is 178 Å². The van der Waals surface area contributed by atoms with Crippen molar-refractivity contribution in [2.75, 3.05) is 0 Å². The van der Waals surface area contributed by atoms with Gasteiger partial charge < -0.3 is 0 Å². The van der Waals surface area contributed by atoms with E-state index in [-0.39, 0.29) is 0 Å². The van der Waals surface area contributed by atoms with Crippen LogP contribution in [0.5, 0.6) is 0 Å². The van der Waals surface area contributed by atoms with E-state index in [1.165, 1.54) is 16.7 Å². The standard InChI is InChI=1S/C30H22/c1-3-7-25(8-4-1)11-13-27-15-19-29(20-16-27)23-24-30-21-17-28(18-22-30)14-12-26-9-5-2-6-10-26/h1-11,13,15-24H/b13-11+,24-23-. The van der Waals surface area contributed by atoms with Gasteiger partial charge in [0.2, 0.25) is 0 Å². The normalized spacial score (nSPS) is 10.8. The van der Waals surface area contributed by atoms with Gasteiger partial charge in [-0.25, -0.2) is 0 Å². The van der Waals surface area contributed by atoms with Gasteiger partial charge in [-0.1, -0.05) is 121 Å². The molecule has 0 fully saturated rings. The van der Waals surface area contributed by atoms with Gasteiger partial charge in [0.05, 0.1) is 0 Å². The fraction of sp³-hybridized carbons (Fsp3) is 0. The topological polar surface area (TPSA) is 0 Å². The largest absolute Gasteiger partial charge is 0.0622 e. The number of rotatable bonds is 4. The molecule has 0 saturated heterocycles. The third-order valence-corrected chi connectivity index (χ3v) is 4.71. The summed E-state index contributed by atoms with van der Waals surface area (Å²) < 4.78 is 0. The van der Waals surface area contributed by atoms with Crippen LogP contribution in [0.15, 0.2) is 109 Å². The van der Waals surface area contributed by atoms with Crippen LogP contribution in [0.2, 0.25) is 0 Å². The van der Waals surface area contributed by atoms with Crippen LogP contribution in [0.25, 0.3) is 24.3 Å². The maximum atomic E-state index is 3.21. The Hall–Kier alpha value is -4.08. The highest BCUT2D eigenvalue weighted by atomic mass is 14.0. The van der Waals surface area contributed by atoms with Crippen molar-refractivity contribution in [2.45, 2.75) is 0 Å². The van der Waals surface area contributed by atoms with E-state index in [9.17, 15) is 0 Å². The molecule has 0 unspecified atom stereocenters. The van der Waals surface area contributed by atoms with Gasteiger partial charge >= 0.3 is 0 Å². The second-order valence-electron chi connectivity index (χ2n) is 6.98. The Bertz CT molecular complexity index is 1180. The smallest absolute Gasteiger partial charge is 0.0249 e. The second kappa shape index (κ2) is 9.92. The van der Waals surface area contributed by atoms with E-state index >= 15 is 0 Å². The monoisotopic (exact) mass is 382 g/mol. The van der Waals surface area contributed by atoms with Crippen LogP contribution < -0.4 is 0 Å². The van der Waals surface area contributed by atoms with Crippen molar-refractivity contribution < 1.29 is 0 Å². The molecular weight excluding hydrogens is 360 g/mol.